The van der Waals surface area contributed by atoms with Crippen LogP contribution in [-0.4, -0.2) is 55.7 Å². The fourth-order valence-corrected chi connectivity index (χ4v) is 3.77. The molecule has 22 heavy (non-hydrogen) atoms. The summed E-state index contributed by atoms with van der Waals surface area (Å²) in [4.78, 5) is 25.7. The molecule has 2 fully saturated rings. The van der Waals surface area contributed by atoms with Crippen molar-refractivity contribution in [2.24, 2.45) is 0 Å². The van der Waals surface area contributed by atoms with Crippen LogP contribution in [0.4, 0.5) is 0 Å². The van der Waals surface area contributed by atoms with Crippen molar-refractivity contribution in [1.29, 1.82) is 0 Å². The number of methoxy groups -OCH3 is 1. The summed E-state index contributed by atoms with van der Waals surface area (Å²) < 4.78 is 30.7. The Kier molecular flexibility index (Phi) is 3.56. The molecule has 0 N–H and O–H groups in total. The predicted octanol–water partition coefficient (Wildman–Crippen LogP) is 0.217. The Labute approximate surface area is 128 Å². The number of rotatable bonds is 4. The van der Waals surface area contributed by atoms with Crippen LogP contribution in [0.5, 0.6) is 5.75 Å². The number of nitrogens with zero attached hydrogens (tertiary/aromatic N) is 2. The Morgan fingerprint density at radius 2 is 1.68 bits per heavy atom. The van der Waals surface area contributed by atoms with Gasteiger partial charge in [-0.25, -0.2) is 12.7 Å². The van der Waals surface area contributed by atoms with Crippen LogP contribution in [0.15, 0.2) is 29.2 Å². The van der Waals surface area contributed by atoms with Gasteiger partial charge in [-0.15, -0.1) is 0 Å². The molecule has 1 aromatic rings. The smallest absolute Gasteiger partial charge is 0.267 e. The van der Waals surface area contributed by atoms with Gasteiger partial charge in [0.1, 0.15) is 18.8 Å². The maximum absolute atomic E-state index is 12.5. The minimum absolute atomic E-state index is 0.0330. The van der Waals surface area contributed by atoms with E-state index < -0.39 is 22.5 Å². The first kappa shape index (κ1) is 14.8. The molecule has 1 aliphatic heterocycles. The number of carbonyl (C=O) groups is 2. The average molecular weight is 324 g/mol. The SMILES string of the molecule is COc1ccc(S(=O)(=O)N2CC(=O)N(C3CC3)CC2=O)cc1. The molecular weight excluding hydrogens is 308 g/mol. The molecule has 0 unspecified atom stereocenters. The number of benzene rings is 1. The van der Waals surface area contributed by atoms with E-state index in [-0.39, 0.29) is 23.4 Å². The summed E-state index contributed by atoms with van der Waals surface area (Å²) in [6.45, 7) is -0.595. The highest BCUT2D eigenvalue weighted by molar-refractivity contribution is 7.89. The minimum Gasteiger partial charge on any atom is -0.497 e. The summed E-state index contributed by atoms with van der Waals surface area (Å²) in [5.74, 6) is -0.374. The van der Waals surface area contributed by atoms with E-state index in [4.69, 9.17) is 4.74 Å². The van der Waals surface area contributed by atoms with Gasteiger partial charge in [-0.1, -0.05) is 0 Å². The number of piperazine rings is 1. The van der Waals surface area contributed by atoms with Crippen molar-refractivity contribution in [3.8, 4) is 5.75 Å². The van der Waals surface area contributed by atoms with Gasteiger partial charge in [0.2, 0.25) is 5.91 Å². The van der Waals surface area contributed by atoms with E-state index in [9.17, 15) is 18.0 Å². The first-order valence-corrected chi connectivity index (χ1v) is 8.36. The van der Waals surface area contributed by atoms with Gasteiger partial charge in [-0.2, -0.15) is 0 Å². The lowest BCUT2D eigenvalue weighted by Crippen LogP contribution is -2.56. The highest BCUT2D eigenvalue weighted by Gasteiger charge is 2.43. The molecule has 0 bridgehead atoms. The van der Waals surface area contributed by atoms with E-state index in [0.717, 1.165) is 12.8 Å². The van der Waals surface area contributed by atoms with Crippen LogP contribution in [0.1, 0.15) is 12.8 Å². The van der Waals surface area contributed by atoms with Gasteiger partial charge in [0.15, 0.2) is 0 Å². The molecule has 8 heteroatoms. The quantitative estimate of drug-likeness (QED) is 0.791. The van der Waals surface area contributed by atoms with E-state index in [1.165, 1.54) is 36.3 Å². The van der Waals surface area contributed by atoms with Crippen molar-refractivity contribution >= 4 is 21.8 Å². The third-order valence-electron chi connectivity index (χ3n) is 3.82. The van der Waals surface area contributed by atoms with Crippen molar-refractivity contribution in [3.05, 3.63) is 24.3 Å². The molecule has 0 aromatic heterocycles. The summed E-state index contributed by atoms with van der Waals surface area (Å²) in [6, 6.07) is 5.82. The Morgan fingerprint density at radius 3 is 2.23 bits per heavy atom. The van der Waals surface area contributed by atoms with Crippen LogP contribution >= 0.6 is 0 Å². The van der Waals surface area contributed by atoms with Crippen molar-refractivity contribution in [1.82, 2.24) is 9.21 Å². The average Bonchev–Trinajstić information content (AvgIpc) is 3.33. The number of hydrogen-bond donors (Lipinski definition) is 0. The van der Waals surface area contributed by atoms with Gasteiger partial charge in [-0.05, 0) is 37.1 Å². The summed E-state index contributed by atoms with van der Waals surface area (Å²) in [7, 11) is -2.54. The van der Waals surface area contributed by atoms with E-state index in [1.807, 2.05) is 0 Å². The standard InChI is InChI=1S/C14H16N2O5S/c1-21-11-4-6-12(7-5-11)22(19,20)16-9-13(17)15(8-14(16)18)10-2-3-10/h4-7,10H,2-3,8-9H2,1H3. The van der Waals surface area contributed by atoms with Gasteiger partial charge in [0.25, 0.3) is 15.9 Å². The fraction of sp³-hybridized carbons (Fsp3) is 0.429. The van der Waals surface area contributed by atoms with Crippen LogP contribution in [-0.2, 0) is 19.6 Å². The van der Waals surface area contributed by atoms with Crippen molar-refractivity contribution in [3.63, 3.8) is 0 Å². The minimum atomic E-state index is -4.02. The van der Waals surface area contributed by atoms with Crippen molar-refractivity contribution in [2.45, 2.75) is 23.8 Å². The van der Waals surface area contributed by atoms with Crippen LogP contribution in [0.3, 0.4) is 0 Å². The lowest BCUT2D eigenvalue weighted by atomic mass is 10.3. The van der Waals surface area contributed by atoms with Gasteiger partial charge in [0, 0.05) is 6.04 Å². The number of amides is 2. The Balaban J connectivity index is 1.85. The summed E-state index contributed by atoms with van der Waals surface area (Å²) in [6.07, 6.45) is 1.76. The second-order valence-electron chi connectivity index (χ2n) is 5.33. The molecule has 2 amide bonds. The molecule has 0 spiro atoms. The second kappa shape index (κ2) is 5.28. The largest absolute Gasteiger partial charge is 0.497 e. The molecule has 2 aliphatic rings. The zero-order valence-electron chi connectivity index (χ0n) is 12.1. The molecule has 0 radical (unpaired) electrons. The Morgan fingerprint density at radius 1 is 1.05 bits per heavy atom. The van der Waals surface area contributed by atoms with Crippen LogP contribution in [0.2, 0.25) is 0 Å². The van der Waals surface area contributed by atoms with Gasteiger partial charge in [-0.3, -0.25) is 9.59 Å². The lowest BCUT2D eigenvalue weighted by Gasteiger charge is -2.33. The lowest BCUT2D eigenvalue weighted by molar-refractivity contribution is -0.146. The van der Waals surface area contributed by atoms with E-state index >= 15 is 0 Å². The Hall–Kier alpha value is -2.09. The number of ether oxygens (including phenoxy) is 1. The zero-order valence-corrected chi connectivity index (χ0v) is 12.9. The molecule has 1 aliphatic carbocycles. The molecule has 7 nitrogen and oxygen atoms in total. The molecule has 3 rings (SSSR count). The third-order valence-corrected chi connectivity index (χ3v) is 5.60. The van der Waals surface area contributed by atoms with Crippen LogP contribution in [0.25, 0.3) is 0 Å². The summed E-state index contributed by atoms with van der Waals surface area (Å²) in [5.41, 5.74) is 0. The topological polar surface area (TPSA) is 84.0 Å². The van der Waals surface area contributed by atoms with E-state index in [2.05, 4.69) is 0 Å². The van der Waals surface area contributed by atoms with Crippen molar-refractivity contribution in [2.75, 3.05) is 20.2 Å². The Bertz CT molecular complexity index is 709. The fourth-order valence-electron chi connectivity index (χ4n) is 2.43. The maximum atomic E-state index is 12.5. The van der Waals surface area contributed by atoms with E-state index in [1.54, 1.807) is 0 Å². The normalized spacial score (nSPS) is 19.5. The maximum Gasteiger partial charge on any atom is 0.267 e. The molecule has 118 valence electrons. The summed E-state index contributed by atoms with van der Waals surface area (Å²) >= 11 is 0. The number of carbonyl (C=O) groups excluding carboxylic acids is 2. The van der Waals surface area contributed by atoms with Crippen molar-refractivity contribution < 1.29 is 22.7 Å². The zero-order chi connectivity index (χ0) is 15.9. The van der Waals surface area contributed by atoms with Gasteiger partial charge < -0.3 is 9.64 Å². The molecule has 0 atom stereocenters. The third kappa shape index (κ3) is 2.54. The molecule has 1 saturated heterocycles. The van der Waals surface area contributed by atoms with Crippen LogP contribution in [0, 0.1) is 0 Å². The predicted molar refractivity (Wildman–Crippen MR) is 76.6 cm³/mol. The molecule has 1 saturated carbocycles. The highest BCUT2D eigenvalue weighted by atomic mass is 32.2. The highest BCUT2D eigenvalue weighted by Crippen LogP contribution is 2.29. The van der Waals surface area contributed by atoms with E-state index in [0.29, 0.717) is 10.1 Å². The van der Waals surface area contributed by atoms with Crippen LogP contribution < -0.4 is 4.74 Å². The molecule has 1 aromatic carbocycles. The summed E-state index contributed by atoms with van der Waals surface area (Å²) in [5, 5.41) is 0. The number of sulfonamides is 1. The monoisotopic (exact) mass is 324 g/mol. The van der Waals surface area contributed by atoms with Gasteiger partial charge in [0.05, 0.1) is 12.0 Å². The molecular formula is C14H16N2O5S. The number of hydrogen-bond acceptors (Lipinski definition) is 5. The van der Waals surface area contributed by atoms with Gasteiger partial charge >= 0.3 is 0 Å². The first-order valence-electron chi connectivity index (χ1n) is 6.92. The molecule has 1 heterocycles. The second-order valence-corrected chi connectivity index (χ2v) is 7.20. The first-order chi connectivity index (χ1) is 10.4.